The standard InChI is InChI=1S/C18H21N3O3/c22-18(23)15-13-17(14-5-2-1-3-6-14)20-19-16(15)7-4-8-21-9-11-24-12-10-21/h1-3,5-6,13H,4,7-12H2,(H,22,23). The van der Waals surface area contributed by atoms with E-state index in [2.05, 4.69) is 15.1 Å². The van der Waals surface area contributed by atoms with Gasteiger partial charge in [-0.15, -0.1) is 0 Å². The van der Waals surface area contributed by atoms with Crippen LogP contribution in [0.3, 0.4) is 0 Å². The topological polar surface area (TPSA) is 75.5 Å². The molecule has 6 heteroatoms. The lowest BCUT2D eigenvalue weighted by Gasteiger charge is -2.26. The maximum atomic E-state index is 11.6. The number of morpholine rings is 1. The number of rotatable bonds is 6. The predicted molar refractivity (Wildman–Crippen MR) is 90.0 cm³/mol. The average molecular weight is 327 g/mol. The van der Waals surface area contributed by atoms with Gasteiger partial charge in [0.1, 0.15) is 0 Å². The number of carbonyl (C=O) groups is 1. The van der Waals surface area contributed by atoms with Gasteiger partial charge in [-0.2, -0.15) is 10.2 Å². The molecule has 1 fully saturated rings. The van der Waals surface area contributed by atoms with E-state index in [4.69, 9.17) is 4.74 Å². The predicted octanol–water partition coefficient (Wildman–Crippen LogP) is 2.11. The molecular formula is C18H21N3O3. The van der Waals surface area contributed by atoms with Crippen LogP contribution >= 0.6 is 0 Å². The van der Waals surface area contributed by atoms with E-state index in [9.17, 15) is 9.90 Å². The molecule has 0 aliphatic carbocycles. The zero-order valence-electron chi connectivity index (χ0n) is 13.5. The molecule has 0 saturated carbocycles. The smallest absolute Gasteiger partial charge is 0.337 e. The second-order valence-corrected chi connectivity index (χ2v) is 5.82. The van der Waals surface area contributed by atoms with Crippen LogP contribution in [-0.2, 0) is 11.2 Å². The Kier molecular flexibility index (Phi) is 5.51. The summed E-state index contributed by atoms with van der Waals surface area (Å²) in [6, 6.07) is 11.1. The van der Waals surface area contributed by atoms with Gasteiger partial charge in [0.2, 0.25) is 0 Å². The van der Waals surface area contributed by atoms with Crippen molar-refractivity contribution >= 4 is 5.97 Å². The van der Waals surface area contributed by atoms with Crippen LogP contribution in [-0.4, -0.2) is 59.0 Å². The molecule has 0 unspecified atom stereocenters. The summed E-state index contributed by atoms with van der Waals surface area (Å²) in [4.78, 5) is 13.9. The normalized spacial score (nSPS) is 15.3. The van der Waals surface area contributed by atoms with Crippen molar-refractivity contribution in [2.75, 3.05) is 32.8 Å². The molecule has 2 heterocycles. The second-order valence-electron chi connectivity index (χ2n) is 5.82. The maximum absolute atomic E-state index is 11.6. The van der Waals surface area contributed by atoms with Crippen LogP contribution in [0.1, 0.15) is 22.5 Å². The third kappa shape index (κ3) is 4.15. The van der Waals surface area contributed by atoms with Gasteiger partial charge in [0.05, 0.1) is 30.2 Å². The number of aromatic carboxylic acids is 1. The first kappa shape index (κ1) is 16.5. The van der Waals surface area contributed by atoms with Crippen LogP contribution in [0, 0.1) is 0 Å². The Morgan fingerprint density at radius 2 is 1.92 bits per heavy atom. The molecule has 1 aromatic heterocycles. The number of carboxylic acid groups (broad SMARTS) is 1. The molecule has 1 saturated heterocycles. The fraction of sp³-hybridized carbons (Fsp3) is 0.389. The van der Waals surface area contributed by atoms with E-state index >= 15 is 0 Å². The van der Waals surface area contributed by atoms with Crippen LogP contribution in [0.4, 0.5) is 0 Å². The Bertz CT molecular complexity index is 685. The van der Waals surface area contributed by atoms with Crippen LogP contribution in [0.25, 0.3) is 11.3 Å². The summed E-state index contributed by atoms with van der Waals surface area (Å²) < 4.78 is 5.33. The Labute approximate surface area is 141 Å². The van der Waals surface area contributed by atoms with Crippen molar-refractivity contribution in [3.8, 4) is 11.3 Å². The first-order valence-electron chi connectivity index (χ1n) is 8.19. The van der Waals surface area contributed by atoms with Gasteiger partial charge in [0, 0.05) is 18.7 Å². The second kappa shape index (κ2) is 7.99. The van der Waals surface area contributed by atoms with Crippen LogP contribution in [0.2, 0.25) is 0 Å². The number of hydrogen-bond donors (Lipinski definition) is 1. The van der Waals surface area contributed by atoms with Gasteiger partial charge in [-0.1, -0.05) is 30.3 Å². The molecule has 0 amide bonds. The fourth-order valence-corrected chi connectivity index (χ4v) is 2.83. The van der Waals surface area contributed by atoms with Crippen LogP contribution < -0.4 is 0 Å². The molecule has 24 heavy (non-hydrogen) atoms. The summed E-state index contributed by atoms with van der Waals surface area (Å²) in [7, 11) is 0. The monoisotopic (exact) mass is 327 g/mol. The van der Waals surface area contributed by atoms with Crippen molar-refractivity contribution in [3.05, 3.63) is 47.7 Å². The maximum Gasteiger partial charge on any atom is 0.337 e. The Morgan fingerprint density at radius 3 is 2.62 bits per heavy atom. The van der Waals surface area contributed by atoms with Crippen LogP contribution in [0.5, 0.6) is 0 Å². The molecule has 0 radical (unpaired) electrons. The third-order valence-electron chi connectivity index (χ3n) is 4.16. The molecule has 1 aliphatic heterocycles. The minimum absolute atomic E-state index is 0.242. The number of hydrogen-bond acceptors (Lipinski definition) is 5. The first-order chi connectivity index (χ1) is 11.7. The summed E-state index contributed by atoms with van der Waals surface area (Å²) in [5.41, 5.74) is 2.25. The third-order valence-corrected chi connectivity index (χ3v) is 4.16. The molecule has 1 aliphatic rings. The number of aryl methyl sites for hydroxylation is 1. The van der Waals surface area contributed by atoms with Crippen molar-refractivity contribution in [1.29, 1.82) is 0 Å². The highest BCUT2D eigenvalue weighted by Gasteiger charge is 2.16. The molecule has 1 N–H and O–H groups in total. The van der Waals surface area contributed by atoms with Crippen molar-refractivity contribution in [1.82, 2.24) is 15.1 Å². The van der Waals surface area contributed by atoms with Gasteiger partial charge >= 0.3 is 5.97 Å². The average Bonchev–Trinajstić information content (AvgIpc) is 2.63. The highest BCUT2D eigenvalue weighted by atomic mass is 16.5. The Morgan fingerprint density at radius 1 is 1.17 bits per heavy atom. The van der Waals surface area contributed by atoms with Crippen molar-refractivity contribution in [2.45, 2.75) is 12.8 Å². The number of benzene rings is 1. The van der Waals surface area contributed by atoms with Gasteiger partial charge < -0.3 is 9.84 Å². The first-order valence-corrected chi connectivity index (χ1v) is 8.19. The number of nitrogens with zero attached hydrogens (tertiary/aromatic N) is 3. The number of aromatic nitrogens is 2. The molecular weight excluding hydrogens is 306 g/mol. The lowest BCUT2D eigenvalue weighted by molar-refractivity contribution is 0.0374. The van der Waals surface area contributed by atoms with E-state index in [-0.39, 0.29) is 5.56 Å². The van der Waals surface area contributed by atoms with Gasteiger partial charge in [-0.25, -0.2) is 4.79 Å². The van der Waals surface area contributed by atoms with E-state index < -0.39 is 5.97 Å². The molecule has 0 spiro atoms. The quantitative estimate of drug-likeness (QED) is 0.876. The summed E-state index contributed by atoms with van der Waals surface area (Å²) in [5, 5.41) is 17.9. The zero-order chi connectivity index (χ0) is 16.8. The summed E-state index contributed by atoms with van der Waals surface area (Å²) in [6.07, 6.45) is 1.47. The largest absolute Gasteiger partial charge is 0.478 e. The minimum Gasteiger partial charge on any atom is -0.478 e. The molecule has 0 bridgehead atoms. The van der Waals surface area contributed by atoms with Crippen molar-refractivity contribution in [2.24, 2.45) is 0 Å². The van der Waals surface area contributed by atoms with E-state index in [1.807, 2.05) is 30.3 Å². The van der Waals surface area contributed by atoms with E-state index in [1.165, 1.54) is 0 Å². The fourth-order valence-electron chi connectivity index (χ4n) is 2.83. The zero-order valence-corrected chi connectivity index (χ0v) is 13.5. The van der Waals surface area contributed by atoms with Gasteiger partial charge in [-0.05, 0) is 25.5 Å². The Balaban J connectivity index is 1.69. The van der Waals surface area contributed by atoms with Gasteiger partial charge in [0.15, 0.2) is 0 Å². The van der Waals surface area contributed by atoms with Crippen LogP contribution in [0.15, 0.2) is 36.4 Å². The highest BCUT2D eigenvalue weighted by molar-refractivity contribution is 5.90. The number of ether oxygens (including phenoxy) is 1. The highest BCUT2D eigenvalue weighted by Crippen LogP contribution is 2.19. The molecule has 1 aromatic carbocycles. The van der Waals surface area contributed by atoms with Crippen molar-refractivity contribution < 1.29 is 14.6 Å². The summed E-state index contributed by atoms with van der Waals surface area (Å²) >= 11 is 0. The molecule has 2 aromatic rings. The summed E-state index contributed by atoms with van der Waals surface area (Å²) in [6.45, 7) is 4.33. The molecule has 6 nitrogen and oxygen atoms in total. The lowest BCUT2D eigenvalue weighted by Crippen LogP contribution is -2.37. The van der Waals surface area contributed by atoms with E-state index in [1.54, 1.807) is 6.07 Å². The van der Waals surface area contributed by atoms with Gasteiger partial charge in [0.25, 0.3) is 0 Å². The SMILES string of the molecule is O=C(O)c1cc(-c2ccccc2)nnc1CCCN1CCOCC1. The molecule has 126 valence electrons. The Hall–Kier alpha value is -2.31. The number of carboxylic acids is 1. The molecule has 0 atom stereocenters. The molecule has 3 rings (SSSR count). The van der Waals surface area contributed by atoms with Gasteiger partial charge in [-0.3, -0.25) is 4.90 Å². The van der Waals surface area contributed by atoms with E-state index in [0.717, 1.165) is 44.8 Å². The lowest BCUT2D eigenvalue weighted by atomic mass is 10.1. The summed E-state index contributed by atoms with van der Waals surface area (Å²) in [5.74, 6) is -0.955. The van der Waals surface area contributed by atoms with E-state index in [0.29, 0.717) is 17.8 Å². The van der Waals surface area contributed by atoms with Crippen molar-refractivity contribution in [3.63, 3.8) is 0 Å². The minimum atomic E-state index is -0.955.